The third-order valence-electron chi connectivity index (χ3n) is 4.72. The lowest BCUT2D eigenvalue weighted by Crippen LogP contribution is -2.43. The van der Waals surface area contributed by atoms with Crippen molar-refractivity contribution in [3.05, 3.63) is 46.5 Å². The van der Waals surface area contributed by atoms with Gasteiger partial charge in [-0.15, -0.1) is 0 Å². The minimum absolute atomic E-state index is 0.120. The van der Waals surface area contributed by atoms with Crippen LogP contribution in [0, 0.1) is 22.0 Å². The van der Waals surface area contributed by atoms with Crippen molar-refractivity contribution in [2.75, 3.05) is 11.5 Å². The van der Waals surface area contributed by atoms with Gasteiger partial charge in [0.1, 0.15) is 5.60 Å². The third kappa shape index (κ3) is 1.67. The Kier molecular flexibility index (Phi) is 2.72. The zero-order valence-electron chi connectivity index (χ0n) is 11.8. The van der Waals surface area contributed by atoms with Crippen LogP contribution in [0.3, 0.4) is 0 Å². The molecular formula is C15H12N2O6. The molecule has 2 fully saturated rings. The number of aliphatic hydroxyl groups is 1. The molecule has 0 aromatic heterocycles. The topological polar surface area (TPSA) is 110 Å². The lowest BCUT2D eigenvalue weighted by Gasteiger charge is -2.26. The van der Waals surface area contributed by atoms with Crippen molar-refractivity contribution in [3.8, 4) is 0 Å². The van der Waals surface area contributed by atoms with Crippen LogP contribution in [0.15, 0.2) is 36.4 Å². The summed E-state index contributed by atoms with van der Waals surface area (Å²) >= 11 is 0. The molecule has 0 unspecified atom stereocenters. The largest absolute Gasteiger partial charge is 0.393 e. The van der Waals surface area contributed by atoms with E-state index < -0.39 is 40.3 Å². The standard InChI is InChI=1S/C15H12N2O6/c18-7-15-6-5-10(23-15)11-12(15)14(20)16(13(11)19)8-1-3-9(4-2-8)17(21)22/h1-6,10-12,18H,7H2/t10-,11-,12+,15+/m1/s1. The summed E-state index contributed by atoms with van der Waals surface area (Å²) in [5.41, 5.74) is -0.977. The van der Waals surface area contributed by atoms with E-state index in [0.29, 0.717) is 0 Å². The van der Waals surface area contributed by atoms with E-state index in [1.807, 2.05) is 0 Å². The summed E-state index contributed by atoms with van der Waals surface area (Å²) in [6, 6.07) is 5.23. The molecule has 118 valence electrons. The van der Waals surface area contributed by atoms with Gasteiger partial charge >= 0.3 is 0 Å². The molecule has 1 aromatic carbocycles. The summed E-state index contributed by atoms with van der Waals surface area (Å²) in [6.45, 7) is -0.381. The lowest BCUT2D eigenvalue weighted by molar-refractivity contribution is -0.384. The summed E-state index contributed by atoms with van der Waals surface area (Å²) in [4.78, 5) is 36.5. The molecule has 8 nitrogen and oxygen atoms in total. The number of fused-ring (bicyclic) bond motifs is 5. The molecule has 1 aromatic rings. The number of ether oxygens (including phenoxy) is 1. The number of rotatable bonds is 3. The van der Waals surface area contributed by atoms with Crippen molar-refractivity contribution in [1.29, 1.82) is 0 Å². The van der Waals surface area contributed by atoms with Gasteiger partial charge in [0.25, 0.3) is 5.69 Å². The van der Waals surface area contributed by atoms with Gasteiger partial charge in [0, 0.05) is 12.1 Å². The molecule has 3 heterocycles. The Morgan fingerprint density at radius 2 is 1.96 bits per heavy atom. The van der Waals surface area contributed by atoms with Crippen molar-refractivity contribution in [2.45, 2.75) is 11.7 Å². The van der Waals surface area contributed by atoms with Gasteiger partial charge in [-0.3, -0.25) is 19.7 Å². The molecule has 4 rings (SSSR count). The maximum Gasteiger partial charge on any atom is 0.269 e. The molecular weight excluding hydrogens is 304 g/mol. The Morgan fingerprint density at radius 3 is 2.57 bits per heavy atom. The maximum absolute atomic E-state index is 12.7. The first kappa shape index (κ1) is 14.0. The van der Waals surface area contributed by atoms with E-state index in [0.717, 1.165) is 4.90 Å². The number of nitro groups is 1. The van der Waals surface area contributed by atoms with Crippen molar-refractivity contribution in [3.63, 3.8) is 0 Å². The van der Waals surface area contributed by atoms with Gasteiger partial charge in [-0.05, 0) is 12.1 Å². The van der Waals surface area contributed by atoms with Crippen LogP contribution in [0.25, 0.3) is 0 Å². The summed E-state index contributed by atoms with van der Waals surface area (Å²) in [5.74, 6) is -2.27. The SMILES string of the molecule is O=C1[C@H]2[C@@H](C(=O)N1c1ccc([N+](=O)[O-])cc1)[C@@]1(CO)C=C[C@H]2O1. The van der Waals surface area contributed by atoms with Gasteiger partial charge in [0.2, 0.25) is 11.8 Å². The minimum Gasteiger partial charge on any atom is -0.393 e. The van der Waals surface area contributed by atoms with Gasteiger partial charge in [-0.1, -0.05) is 12.2 Å². The molecule has 0 radical (unpaired) electrons. The second-order valence-corrected chi connectivity index (χ2v) is 5.84. The zero-order valence-corrected chi connectivity index (χ0v) is 11.8. The highest BCUT2D eigenvalue weighted by Crippen LogP contribution is 2.52. The van der Waals surface area contributed by atoms with Crippen LogP contribution in [0.2, 0.25) is 0 Å². The number of anilines is 1. The van der Waals surface area contributed by atoms with Crippen LogP contribution in [-0.4, -0.2) is 40.2 Å². The average molecular weight is 316 g/mol. The molecule has 23 heavy (non-hydrogen) atoms. The van der Waals surface area contributed by atoms with Crippen molar-refractivity contribution in [2.24, 2.45) is 11.8 Å². The normalized spacial score (nSPS) is 34.3. The third-order valence-corrected chi connectivity index (χ3v) is 4.72. The van der Waals surface area contributed by atoms with E-state index in [1.54, 1.807) is 12.2 Å². The highest BCUT2D eigenvalue weighted by molar-refractivity contribution is 6.23. The lowest BCUT2D eigenvalue weighted by atomic mass is 9.77. The van der Waals surface area contributed by atoms with Crippen molar-refractivity contribution < 1.29 is 24.4 Å². The summed E-state index contributed by atoms with van der Waals surface area (Å²) in [6.07, 6.45) is 2.82. The minimum atomic E-state index is -1.14. The van der Waals surface area contributed by atoms with Crippen LogP contribution in [-0.2, 0) is 14.3 Å². The number of carbonyl (C=O) groups excluding carboxylic acids is 2. The second kappa shape index (κ2) is 4.46. The number of non-ortho nitro benzene ring substituents is 1. The number of amides is 2. The molecule has 3 aliphatic rings. The van der Waals surface area contributed by atoms with Crippen LogP contribution in [0.1, 0.15) is 0 Å². The number of nitro benzene ring substituents is 1. The molecule has 1 N–H and O–H groups in total. The number of carbonyl (C=O) groups is 2. The Bertz CT molecular complexity index is 758. The smallest absolute Gasteiger partial charge is 0.269 e. The first-order valence-corrected chi connectivity index (χ1v) is 7.09. The van der Waals surface area contributed by atoms with Crippen LogP contribution < -0.4 is 4.90 Å². The molecule has 2 bridgehead atoms. The first-order valence-electron chi connectivity index (χ1n) is 7.09. The number of nitrogens with zero attached hydrogens (tertiary/aromatic N) is 2. The molecule has 2 amide bonds. The number of hydrogen-bond acceptors (Lipinski definition) is 6. The second-order valence-electron chi connectivity index (χ2n) is 5.84. The molecule has 0 saturated carbocycles. The number of benzene rings is 1. The van der Waals surface area contributed by atoms with E-state index in [1.165, 1.54) is 24.3 Å². The van der Waals surface area contributed by atoms with Crippen molar-refractivity contribution >= 4 is 23.2 Å². The van der Waals surface area contributed by atoms with Crippen molar-refractivity contribution in [1.82, 2.24) is 0 Å². The highest BCUT2D eigenvalue weighted by atomic mass is 16.6. The first-order chi connectivity index (χ1) is 11.0. The molecule has 3 aliphatic heterocycles. The Hall–Kier alpha value is -2.58. The fourth-order valence-corrected chi connectivity index (χ4v) is 3.66. The van der Waals surface area contributed by atoms with E-state index in [4.69, 9.17) is 4.74 Å². The monoisotopic (exact) mass is 316 g/mol. The maximum atomic E-state index is 12.7. The van der Waals surface area contributed by atoms with E-state index in [2.05, 4.69) is 0 Å². The quantitative estimate of drug-likeness (QED) is 0.374. The molecule has 0 aliphatic carbocycles. The highest BCUT2D eigenvalue weighted by Gasteiger charge is 2.67. The van der Waals surface area contributed by atoms with Gasteiger partial charge in [-0.25, -0.2) is 4.90 Å². The van der Waals surface area contributed by atoms with Gasteiger partial charge in [-0.2, -0.15) is 0 Å². The summed E-state index contributed by atoms with van der Waals surface area (Å²) < 4.78 is 5.63. The molecule has 8 heteroatoms. The Balaban J connectivity index is 1.72. The molecule has 0 spiro atoms. The number of hydrogen-bond donors (Lipinski definition) is 1. The van der Waals surface area contributed by atoms with Crippen LogP contribution in [0.5, 0.6) is 0 Å². The number of imide groups is 1. The van der Waals surface area contributed by atoms with Crippen LogP contribution in [0.4, 0.5) is 11.4 Å². The van der Waals surface area contributed by atoms with E-state index in [-0.39, 0.29) is 18.0 Å². The van der Waals surface area contributed by atoms with Gasteiger partial charge < -0.3 is 9.84 Å². The summed E-state index contributed by atoms with van der Waals surface area (Å²) in [5, 5.41) is 20.3. The Morgan fingerprint density at radius 1 is 1.26 bits per heavy atom. The average Bonchev–Trinajstić information content (AvgIpc) is 3.19. The predicted octanol–water partition coefficient (Wildman–Crippen LogP) is 0.400. The summed E-state index contributed by atoms with van der Waals surface area (Å²) in [7, 11) is 0. The zero-order chi connectivity index (χ0) is 16.4. The van der Waals surface area contributed by atoms with E-state index in [9.17, 15) is 24.8 Å². The van der Waals surface area contributed by atoms with E-state index >= 15 is 0 Å². The van der Waals surface area contributed by atoms with Crippen LogP contribution >= 0.6 is 0 Å². The van der Waals surface area contributed by atoms with Gasteiger partial charge in [0.15, 0.2) is 0 Å². The molecule has 4 atom stereocenters. The fourth-order valence-electron chi connectivity index (χ4n) is 3.66. The van der Waals surface area contributed by atoms with Gasteiger partial charge in [0.05, 0.1) is 35.2 Å². The predicted molar refractivity (Wildman–Crippen MR) is 76.4 cm³/mol. The molecule has 2 saturated heterocycles. The Labute approximate surface area is 130 Å². The fraction of sp³-hybridized carbons (Fsp3) is 0.333. The number of aliphatic hydroxyl groups excluding tert-OH is 1.